The number of benzene rings is 2. The van der Waals surface area contributed by atoms with E-state index in [4.69, 9.17) is 21.1 Å². The third-order valence-corrected chi connectivity index (χ3v) is 4.98. The molecule has 0 unspecified atom stereocenters. The second-order valence-corrected chi connectivity index (χ2v) is 7.16. The highest BCUT2D eigenvalue weighted by Crippen LogP contribution is 2.31. The highest BCUT2D eigenvalue weighted by atomic mass is 35.5. The highest BCUT2D eigenvalue weighted by Gasteiger charge is 2.08. The first-order valence-corrected chi connectivity index (χ1v) is 10.7. The van der Waals surface area contributed by atoms with Crippen molar-refractivity contribution in [1.82, 2.24) is 0 Å². The van der Waals surface area contributed by atoms with E-state index in [1.807, 2.05) is 0 Å². The van der Waals surface area contributed by atoms with Crippen molar-refractivity contribution in [2.75, 3.05) is 19.1 Å². The van der Waals surface area contributed by atoms with Crippen LogP contribution in [0, 0.1) is 0 Å². The van der Waals surface area contributed by atoms with Gasteiger partial charge in [-0.15, -0.1) is 11.6 Å². The first-order valence-electron chi connectivity index (χ1n) is 10.2. The molecular weight excluding hydrogens is 344 g/mol. The second-order valence-electron chi connectivity index (χ2n) is 6.79. The molecule has 0 bridgehead atoms. The van der Waals surface area contributed by atoms with Gasteiger partial charge in [-0.1, -0.05) is 51.7 Å². The number of halogens is 1. The SMILES string of the molecule is CCCCCOc1ccc2c(CC)c(OCCCCCCCl)ccc2c1. The maximum Gasteiger partial charge on any atom is 0.123 e. The van der Waals surface area contributed by atoms with Gasteiger partial charge < -0.3 is 9.47 Å². The molecular formula is C23H33ClO2. The molecule has 0 saturated carbocycles. The van der Waals surface area contributed by atoms with Gasteiger partial charge in [0.15, 0.2) is 0 Å². The van der Waals surface area contributed by atoms with Gasteiger partial charge >= 0.3 is 0 Å². The molecule has 144 valence electrons. The Bertz CT molecular complexity index is 654. The van der Waals surface area contributed by atoms with Crippen LogP contribution in [0.4, 0.5) is 0 Å². The fourth-order valence-corrected chi connectivity index (χ4v) is 3.41. The van der Waals surface area contributed by atoms with Gasteiger partial charge in [0.2, 0.25) is 0 Å². The van der Waals surface area contributed by atoms with Crippen LogP contribution in [-0.4, -0.2) is 19.1 Å². The topological polar surface area (TPSA) is 18.5 Å². The van der Waals surface area contributed by atoms with Crippen LogP contribution in [-0.2, 0) is 6.42 Å². The molecule has 0 aliphatic carbocycles. The van der Waals surface area contributed by atoms with E-state index in [9.17, 15) is 0 Å². The first kappa shape index (κ1) is 20.9. The zero-order valence-electron chi connectivity index (χ0n) is 16.4. The first-order chi connectivity index (χ1) is 12.8. The highest BCUT2D eigenvalue weighted by molar-refractivity contribution is 6.17. The van der Waals surface area contributed by atoms with Gasteiger partial charge in [-0.3, -0.25) is 0 Å². The lowest BCUT2D eigenvalue weighted by atomic mass is 10.0. The van der Waals surface area contributed by atoms with Crippen molar-refractivity contribution < 1.29 is 9.47 Å². The monoisotopic (exact) mass is 376 g/mol. The molecule has 2 rings (SSSR count). The molecule has 26 heavy (non-hydrogen) atoms. The Labute approximate surface area is 163 Å². The maximum absolute atomic E-state index is 6.07. The Morgan fingerprint density at radius 1 is 0.808 bits per heavy atom. The van der Waals surface area contributed by atoms with Crippen molar-refractivity contribution >= 4 is 22.4 Å². The van der Waals surface area contributed by atoms with Gasteiger partial charge in [0, 0.05) is 11.4 Å². The quantitative estimate of drug-likeness (QED) is 0.273. The third-order valence-electron chi connectivity index (χ3n) is 4.72. The number of hydrogen-bond donors (Lipinski definition) is 0. The Hall–Kier alpha value is -1.41. The minimum Gasteiger partial charge on any atom is -0.494 e. The van der Waals surface area contributed by atoms with Crippen LogP contribution in [0.2, 0.25) is 0 Å². The minimum absolute atomic E-state index is 0.760. The van der Waals surface area contributed by atoms with Gasteiger partial charge in [0.25, 0.3) is 0 Å². The summed E-state index contributed by atoms with van der Waals surface area (Å²) < 4.78 is 12.0. The Balaban J connectivity index is 1.99. The molecule has 2 nitrogen and oxygen atoms in total. The molecule has 0 atom stereocenters. The number of alkyl halides is 1. The number of fused-ring (bicyclic) bond motifs is 1. The average molecular weight is 377 g/mol. The van der Waals surface area contributed by atoms with E-state index in [-0.39, 0.29) is 0 Å². The van der Waals surface area contributed by atoms with Crippen LogP contribution in [0.3, 0.4) is 0 Å². The van der Waals surface area contributed by atoms with Crippen molar-refractivity contribution in [2.24, 2.45) is 0 Å². The summed E-state index contributed by atoms with van der Waals surface area (Å²) in [5.41, 5.74) is 1.29. The number of ether oxygens (including phenoxy) is 2. The number of unbranched alkanes of at least 4 members (excludes halogenated alkanes) is 5. The van der Waals surface area contributed by atoms with Gasteiger partial charge in [-0.25, -0.2) is 0 Å². The molecule has 0 aliphatic rings. The number of aryl methyl sites for hydroxylation is 1. The van der Waals surface area contributed by atoms with Gasteiger partial charge in [0.1, 0.15) is 11.5 Å². The van der Waals surface area contributed by atoms with Crippen LogP contribution in [0.15, 0.2) is 30.3 Å². The summed E-state index contributed by atoms with van der Waals surface area (Å²) in [6, 6.07) is 10.7. The van der Waals surface area contributed by atoms with Crippen molar-refractivity contribution in [3.63, 3.8) is 0 Å². The molecule has 0 saturated heterocycles. The van der Waals surface area contributed by atoms with Gasteiger partial charge in [-0.05, 0) is 54.7 Å². The second kappa shape index (κ2) is 12.1. The minimum atomic E-state index is 0.760. The molecule has 2 aromatic rings. The molecule has 0 aliphatic heterocycles. The van der Waals surface area contributed by atoms with Crippen LogP contribution in [0.5, 0.6) is 11.5 Å². The molecule has 0 N–H and O–H groups in total. The van der Waals surface area contributed by atoms with Crippen LogP contribution >= 0.6 is 11.6 Å². The normalized spacial score (nSPS) is 11.0. The summed E-state index contributed by atoms with van der Waals surface area (Å²) in [6.45, 7) is 5.98. The largest absolute Gasteiger partial charge is 0.494 e. The van der Waals surface area contributed by atoms with Crippen molar-refractivity contribution in [3.05, 3.63) is 35.9 Å². The molecule has 0 spiro atoms. The van der Waals surface area contributed by atoms with Crippen LogP contribution < -0.4 is 9.47 Å². The summed E-state index contributed by atoms with van der Waals surface area (Å²) >= 11 is 5.72. The molecule has 0 heterocycles. The maximum atomic E-state index is 6.07. The van der Waals surface area contributed by atoms with Gasteiger partial charge in [0.05, 0.1) is 13.2 Å². The average Bonchev–Trinajstić information content (AvgIpc) is 2.67. The molecule has 3 heteroatoms. The fraction of sp³-hybridized carbons (Fsp3) is 0.565. The van der Waals surface area contributed by atoms with Crippen molar-refractivity contribution in [1.29, 1.82) is 0 Å². The van der Waals surface area contributed by atoms with Crippen LogP contribution in [0.25, 0.3) is 10.8 Å². The summed E-state index contributed by atoms with van der Waals surface area (Å²) in [5.74, 6) is 2.74. The molecule has 0 aromatic heterocycles. The zero-order chi connectivity index (χ0) is 18.6. The molecule has 0 fully saturated rings. The standard InChI is InChI=1S/C23H33ClO2/c1-3-5-9-16-25-20-12-13-22-19(18-20)11-14-23(21(22)4-2)26-17-10-7-6-8-15-24/h11-14,18H,3-10,15-17H2,1-2H3. The molecule has 0 amide bonds. The van der Waals surface area contributed by atoms with E-state index in [1.54, 1.807) is 0 Å². The number of hydrogen-bond acceptors (Lipinski definition) is 2. The third kappa shape index (κ3) is 6.39. The number of rotatable bonds is 13. The van der Waals surface area contributed by atoms with E-state index >= 15 is 0 Å². The van der Waals surface area contributed by atoms with E-state index in [0.29, 0.717) is 0 Å². The fourth-order valence-electron chi connectivity index (χ4n) is 3.22. The lowest BCUT2D eigenvalue weighted by Crippen LogP contribution is -2.01. The summed E-state index contributed by atoms with van der Waals surface area (Å²) in [6.07, 6.45) is 9.08. The summed E-state index contributed by atoms with van der Waals surface area (Å²) in [4.78, 5) is 0. The van der Waals surface area contributed by atoms with Gasteiger partial charge in [-0.2, -0.15) is 0 Å². The van der Waals surface area contributed by atoms with E-state index in [2.05, 4.69) is 44.2 Å². The Morgan fingerprint density at radius 2 is 1.58 bits per heavy atom. The zero-order valence-corrected chi connectivity index (χ0v) is 17.1. The lowest BCUT2D eigenvalue weighted by molar-refractivity contribution is 0.302. The lowest BCUT2D eigenvalue weighted by Gasteiger charge is -2.14. The van der Waals surface area contributed by atoms with E-state index in [0.717, 1.165) is 56.3 Å². The van der Waals surface area contributed by atoms with Crippen molar-refractivity contribution in [3.8, 4) is 11.5 Å². The summed E-state index contributed by atoms with van der Waals surface area (Å²) in [5, 5.41) is 2.50. The summed E-state index contributed by atoms with van der Waals surface area (Å²) in [7, 11) is 0. The molecule has 0 radical (unpaired) electrons. The van der Waals surface area contributed by atoms with E-state index < -0.39 is 0 Å². The smallest absolute Gasteiger partial charge is 0.123 e. The predicted molar refractivity (Wildman–Crippen MR) is 113 cm³/mol. The van der Waals surface area contributed by atoms with Crippen LogP contribution in [0.1, 0.15) is 64.4 Å². The Morgan fingerprint density at radius 3 is 2.35 bits per heavy atom. The van der Waals surface area contributed by atoms with E-state index in [1.165, 1.54) is 42.0 Å². The Kier molecular flexibility index (Phi) is 9.70. The predicted octanol–water partition coefficient (Wildman–Crippen LogP) is 7.15. The van der Waals surface area contributed by atoms with Crippen molar-refractivity contribution in [2.45, 2.75) is 65.2 Å². The molecule has 2 aromatic carbocycles.